The zero-order valence-corrected chi connectivity index (χ0v) is 13.9. The first kappa shape index (κ1) is 17.5. The standard InChI is InChI=1S/C19H22N2O3/c1-3-13-9-11-14(12-10-13)24-17(4-2)19(23)21-16-8-6-5-7-15(16)18(20)22/h5-12,17H,3-4H2,1-2H3,(H2,20,22)(H,21,23). The Hall–Kier alpha value is -2.82. The lowest BCUT2D eigenvalue weighted by Crippen LogP contribution is -2.33. The molecule has 0 bridgehead atoms. The minimum Gasteiger partial charge on any atom is -0.481 e. The van der Waals surface area contributed by atoms with E-state index in [4.69, 9.17) is 10.5 Å². The highest BCUT2D eigenvalue weighted by molar-refractivity contribution is 6.04. The van der Waals surface area contributed by atoms with Crippen LogP contribution in [-0.4, -0.2) is 17.9 Å². The normalized spacial score (nSPS) is 11.6. The molecule has 5 nitrogen and oxygen atoms in total. The summed E-state index contributed by atoms with van der Waals surface area (Å²) in [4.78, 5) is 23.9. The molecule has 0 aliphatic rings. The van der Waals surface area contributed by atoms with Crippen molar-refractivity contribution in [2.75, 3.05) is 5.32 Å². The van der Waals surface area contributed by atoms with Crippen LogP contribution >= 0.6 is 0 Å². The number of aryl methyl sites for hydroxylation is 1. The summed E-state index contributed by atoms with van der Waals surface area (Å²) < 4.78 is 5.77. The van der Waals surface area contributed by atoms with Crippen molar-refractivity contribution in [3.05, 3.63) is 59.7 Å². The monoisotopic (exact) mass is 326 g/mol. The molecule has 2 rings (SSSR count). The highest BCUT2D eigenvalue weighted by atomic mass is 16.5. The summed E-state index contributed by atoms with van der Waals surface area (Å²) in [6.07, 6.45) is 0.792. The maximum absolute atomic E-state index is 12.5. The van der Waals surface area contributed by atoms with Gasteiger partial charge in [-0.3, -0.25) is 9.59 Å². The van der Waals surface area contributed by atoms with Gasteiger partial charge < -0.3 is 15.8 Å². The van der Waals surface area contributed by atoms with Crippen LogP contribution in [0, 0.1) is 0 Å². The van der Waals surface area contributed by atoms with E-state index >= 15 is 0 Å². The third-order valence-corrected chi connectivity index (χ3v) is 3.72. The molecule has 1 unspecified atom stereocenters. The number of anilines is 1. The molecule has 0 saturated carbocycles. The van der Waals surface area contributed by atoms with E-state index in [9.17, 15) is 9.59 Å². The molecule has 3 N–H and O–H groups in total. The van der Waals surface area contributed by atoms with Crippen LogP contribution in [0.2, 0.25) is 0 Å². The Morgan fingerprint density at radius 1 is 1.08 bits per heavy atom. The van der Waals surface area contributed by atoms with Crippen molar-refractivity contribution < 1.29 is 14.3 Å². The van der Waals surface area contributed by atoms with E-state index in [1.54, 1.807) is 24.3 Å². The van der Waals surface area contributed by atoms with Crippen LogP contribution in [-0.2, 0) is 11.2 Å². The van der Waals surface area contributed by atoms with E-state index < -0.39 is 12.0 Å². The number of primary amides is 1. The number of para-hydroxylation sites is 1. The maximum atomic E-state index is 12.5. The van der Waals surface area contributed by atoms with Crippen molar-refractivity contribution in [2.24, 2.45) is 5.73 Å². The number of benzene rings is 2. The summed E-state index contributed by atoms with van der Waals surface area (Å²) in [5.41, 5.74) is 7.19. The molecule has 0 aliphatic carbocycles. The lowest BCUT2D eigenvalue weighted by atomic mass is 10.1. The third-order valence-electron chi connectivity index (χ3n) is 3.72. The summed E-state index contributed by atoms with van der Waals surface area (Å²) in [5.74, 6) is -0.266. The van der Waals surface area contributed by atoms with Crippen LogP contribution in [0.1, 0.15) is 36.2 Å². The SMILES string of the molecule is CCc1ccc(OC(CC)C(=O)Nc2ccccc2C(N)=O)cc1. The number of nitrogens with one attached hydrogen (secondary N) is 1. The van der Waals surface area contributed by atoms with Gasteiger partial charge in [0.05, 0.1) is 11.3 Å². The smallest absolute Gasteiger partial charge is 0.265 e. The quantitative estimate of drug-likeness (QED) is 0.820. The van der Waals surface area contributed by atoms with Crippen molar-refractivity contribution in [3.8, 4) is 5.75 Å². The van der Waals surface area contributed by atoms with Gasteiger partial charge in [-0.1, -0.05) is 38.1 Å². The van der Waals surface area contributed by atoms with E-state index in [1.807, 2.05) is 31.2 Å². The molecule has 126 valence electrons. The topological polar surface area (TPSA) is 81.4 Å². The second kappa shape index (κ2) is 8.15. The van der Waals surface area contributed by atoms with Crippen LogP contribution in [0.3, 0.4) is 0 Å². The minimum absolute atomic E-state index is 0.271. The van der Waals surface area contributed by atoms with Gasteiger partial charge in [0.2, 0.25) is 0 Å². The average Bonchev–Trinajstić information content (AvgIpc) is 2.60. The van der Waals surface area contributed by atoms with E-state index in [0.717, 1.165) is 6.42 Å². The number of nitrogens with two attached hydrogens (primary N) is 1. The molecule has 0 spiro atoms. The van der Waals surface area contributed by atoms with Gasteiger partial charge in [0, 0.05) is 0 Å². The van der Waals surface area contributed by atoms with Gasteiger partial charge in [-0.05, 0) is 42.7 Å². The van der Waals surface area contributed by atoms with Gasteiger partial charge in [0.25, 0.3) is 11.8 Å². The molecule has 0 heterocycles. The summed E-state index contributed by atoms with van der Waals surface area (Å²) in [6.45, 7) is 3.94. The first-order valence-electron chi connectivity index (χ1n) is 8.00. The number of carbonyl (C=O) groups excluding carboxylic acids is 2. The molecule has 2 aromatic carbocycles. The minimum atomic E-state index is -0.654. The lowest BCUT2D eigenvalue weighted by Gasteiger charge is -2.18. The zero-order chi connectivity index (χ0) is 17.5. The van der Waals surface area contributed by atoms with Gasteiger partial charge >= 0.3 is 0 Å². The molecule has 1 atom stereocenters. The predicted molar refractivity (Wildman–Crippen MR) is 94.1 cm³/mol. The number of amides is 2. The van der Waals surface area contributed by atoms with Crippen molar-refractivity contribution in [3.63, 3.8) is 0 Å². The van der Waals surface area contributed by atoms with Crippen molar-refractivity contribution in [2.45, 2.75) is 32.8 Å². The molecule has 2 amide bonds. The number of hydrogen-bond acceptors (Lipinski definition) is 3. The molecule has 5 heteroatoms. The fourth-order valence-electron chi connectivity index (χ4n) is 2.31. The van der Waals surface area contributed by atoms with Gasteiger partial charge in [0.1, 0.15) is 5.75 Å². The molecule has 2 aromatic rings. The molecule has 0 fully saturated rings. The summed E-state index contributed by atoms with van der Waals surface area (Å²) in [6, 6.07) is 14.3. The highest BCUT2D eigenvalue weighted by Crippen LogP contribution is 2.18. The Labute approximate surface area is 141 Å². The Morgan fingerprint density at radius 2 is 1.75 bits per heavy atom. The average molecular weight is 326 g/mol. The Balaban J connectivity index is 2.10. The molecule has 24 heavy (non-hydrogen) atoms. The van der Waals surface area contributed by atoms with Crippen LogP contribution < -0.4 is 15.8 Å². The molecule has 0 radical (unpaired) electrons. The lowest BCUT2D eigenvalue weighted by molar-refractivity contribution is -0.122. The summed E-state index contributed by atoms with van der Waals surface area (Å²) >= 11 is 0. The summed E-state index contributed by atoms with van der Waals surface area (Å²) in [5, 5.41) is 2.72. The highest BCUT2D eigenvalue weighted by Gasteiger charge is 2.20. The summed E-state index contributed by atoms with van der Waals surface area (Å²) in [7, 11) is 0. The van der Waals surface area contributed by atoms with E-state index in [2.05, 4.69) is 12.2 Å². The van der Waals surface area contributed by atoms with Crippen LogP contribution in [0.5, 0.6) is 5.75 Å². The Morgan fingerprint density at radius 3 is 2.33 bits per heavy atom. The second-order valence-electron chi connectivity index (χ2n) is 5.41. The van der Waals surface area contributed by atoms with Crippen molar-refractivity contribution in [1.29, 1.82) is 0 Å². The third kappa shape index (κ3) is 4.35. The van der Waals surface area contributed by atoms with Crippen LogP contribution in [0.25, 0.3) is 0 Å². The fraction of sp³-hybridized carbons (Fsp3) is 0.263. The Bertz CT molecular complexity index is 711. The fourth-order valence-corrected chi connectivity index (χ4v) is 2.31. The number of hydrogen-bond donors (Lipinski definition) is 2. The molecule has 0 saturated heterocycles. The first-order valence-corrected chi connectivity index (χ1v) is 8.00. The van der Waals surface area contributed by atoms with Gasteiger partial charge in [-0.25, -0.2) is 0 Å². The Kier molecular flexibility index (Phi) is 5.95. The van der Waals surface area contributed by atoms with E-state index in [1.165, 1.54) is 5.56 Å². The zero-order valence-electron chi connectivity index (χ0n) is 13.9. The number of rotatable bonds is 7. The van der Waals surface area contributed by atoms with Gasteiger partial charge in [-0.15, -0.1) is 0 Å². The largest absolute Gasteiger partial charge is 0.481 e. The molecular formula is C19H22N2O3. The molecular weight excluding hydrogens is 304 g/mol. The van der Waals surface area contributed by atoms with Crippen LogP contribution in [0.4, 0.5) is 5.69 Å². The van der Waals surface area contributed by atoms with Gasteiger partial charge in [0.15, 0.2) is 6.10 Å². The van der Waals surface area contributed by atoms with Crippen LogP contribution in [0.15, 0.2) is 48.5 Å². The van der Waals surface area contributed by atoms with E-state index in [0.29, 0.717) is 17.9 Å². The second-order valence-corrected chi connectivity index (χ2v) is 5.41. The molecule has 0 aromatic heterocycles. The molecule has 0 aliphatic heterocycles. The van der Waals surface area contributed by atoms with E-state index in [-0.39, 0.29) is 11.5 Å². The number of ether oxygens (including phenoxy) is 1. The van der Waals surface area contributed by atoms with Crippen molar-refractivity contribution >= 4 is 17.5 Å². The predicted octanol–water partition coefficient (Wildman–Crippen LogP) is 3.14. The first-order chi connectivity index (χ1) is 11.5. The number of carbonyl (C=O) groups is 2. The maximum Gasteiger partial charge on any atom is 0.265 e. The van der Waals surface area contributed by atoms with Gasteiger partial charge in [-0.2, -0.15) is 0 Å². The van der Waals surface area contributed by atoms with Crippen molar-refractivity contribution in [1.82, 2.24) is 0 Å².